The summed E-state index contributed by atoms with van der Waals surface area (Å²) in [6.07, 6.45) is 6.08. The number of rotatable bonds is 2. The van der Waals surface area contributed by atoms with Crippen LogP contribution in [0.2, 0.25) is 0 Å². The van der Waals surface area contributed by atoms with Gasteiger partial charge in [0.15, 0.2) is 5.79 Å². The highest BCUT2D eigenvalue weighted by molar-refractivity contribution is 4.91. The van der Waals surface area contributed by atoms with Crippen molar-refractivity contribution in [2.75, 3.05) is 13.2 Å². The van der Waals surface area contributed by atoms with Crippen molar-refractivity contribution in [1.82, 2.24) is 5.32 Å². The van der Waals surface area contributed by atoms with Gasteiger partial charge in [-0.15, -0.1) is 0 Å². The second kappa shape index (κ2) is 4.26. The Kier molecular flexibility index (Phi) is 2.92. The highest BCUT2D eigenvalue weighted by atomic mass is 16.7. The molecule has 0 amide bonds. The molecule has 0 aromatic carbocycles. The van der Waals surface area contributed by atoms with E-state index in [0.29, 0.717) is 12.1 Å². The smallest absolute Gasteiger partial charge is 0.168 e. The molecule has 16 heavy (non-hydrogen) atoms. The molecule has 3 fully saturated rings. The SMILES string of the molecule is OC1CC(NC2CCC3(CC2)OCCO3)C1. The van der Waals surface area contributed by atoms with Crippen molar-refractivity contribution >= 4 is 0 Å². The number of hydrogen-bond donors (Lipinski definition) is 2. The molecule has 4 heteroatoms. The van der Waals surface area contributed by atoms with Gasteiger partial charge < -0.3 is 19.9 Å². The fourth-order valence-electron chi connectivity index (χ4n) is 3.07. The normalized spacial score (nSPS) is 38.8. The van der Waals surface area contributed by atoms with E-state index < -0.39 is 0 Å². The van der Waals surface area contributed by atoms with Crippen LogP contribution in [0.5, 0.6) is 0 Å². The second-order valence-corrected chi connectivity index (χ2v) is 5.37. The average Bonchev–Trinajstić information content (AvgIpc) is 2.68. The Morgan fingerprint density at radius 2 is 1.62 bits per heavy atom. The molecule has 1 saturated heterocycles. The molecule has 3 aliphatic rings. The molecule has 1 heterocycles. The van der Waals surface area contributed by atoms with Crippen LogP contribution in [0.1, 0.15) is 38.5 Å². The summed E-state index contributed by atoms with van der Waals surface area (Å²) >= 11 is 0. The third-order valence-electron chi connectivity index (χ3n) is 4.15. The van der Waals surface area contributed by atoms with Crippen LogP contribution in [0.3, 0.4) is 0 Å². The van der Waals surface area contributed by atoms with E-state index in [2.05, 4.69) is 5.32 Å². The molecule has 0 atom stereocenters. The van der Waals surface area contributed by atoms with E-state index in [1.54, 1.807) is 0 Å². The first-order chi connectivity index (χ1) is 7.76. The maximum absolute atomic E-state index is 9.24. The Morgan fingerprint density at radius 1 is 1.00 bits per heavy atom. The molecule has 0 bridgehead atoms. The zero-order valence-corrected chi connectivity index (χ0v) is 9.65. The van der Waals surface area contributed by atoms with E-state index in [-0.39, 0.29) is 11.9 Å². The van der Waals surface area contributed by atoms with Crippen LogP contribution in [0.25, 0.3) is 0 Å². The Bertz CT molecular complexity index is 237. The van der Waals surface area contributed by atoms with Gasteiger partial charge in [-0.3, -0.25) is 0 Å². The van der Waals surface area contributed by atoms with Crippen LogP contribution in [0, 0.1) is 0 Å². The predicted molar refractivity (Wildman–Crippen MR) is 59.1 cm³/mol. The van der Waals surface area contributed by atoms with Gasteiger partial charge in [0.2, 0.25) is 0 Å². The third-order valence-corrected chi connectivity index (χ3v) is 4.15. The molecule has 0 aromatic rings. The lowest BCUT2D eigenvalue weighted by Crippen LogP contribution is -2.51. The minimum atomic E-state index is -0.239. The molecule has 3 rings (SSSR count). The largest absolute Gasteiger partial charge is 0.393 e. The van der Waals surface area contributed by atoms with Gasteiger partial charge in [0.1, 0.15) is 0 Å². The van der Waals surface area contributed by atoms with E-state index in [4.69, 9.17) is 9.47 Å². The molecule has 2 N–H and O–H groups in total. The van der Waals surface area contributed by atoms with Crippen LogP contribution in [0.4, 0.5) is 0 Å². The Labute approximate surface area is 96.3 Å². The first-order valence-electron chi connectivity index (χ1n) is 6.48. The standard InChI is InChI=1S/C12H21NO3/c14-11-7-10(8-11)13-9-1-3-12(4-2-9)15-5-6-16-12/h9-11,13-14H,1-8H2. The molecule has 2 saturated carbocycles. The highest BCUT2D eigenvalue weighted by Gasteiger charge is 2.41. The van der Waals surface area contributed by atoms with Crippen LogP contribution >= 0.6 is 0 Å². The summed E-state index contributed by atoms with van der Waals surface area (Å²) in [4.78, 5) is 0. The van der Waals surface area contributed by atoms with Gasteiger partial charge in [0.25, 0.3) is 0 Å². The van der Waals surface area contributed by atoms with Gasteiger partial charge >= 0.3 is 0 Å². The van der Waals surface area contributed by atoms with Gasteiger partial charge in [0, 0.05) is 24.9 Å². The third kappa shape index (κ3) is 2.12. The summed E-state index contributed by atoms with van der Waals surface area (Å²) in [5.41, 5.74) is 0. The van der Waals surface area contributed by atoms with Crippen molar-refractivity contribution in [1.29, 1.82) is 0 Å². The number of hydrogen-bond acceptors (Lipinski definition) is 4. The predicted octanol–water partition coefficient (Wildman–Crippen LogP) is 0.785. The lowest BCUT2D eigenvalue weighted by molar-refractivity contribution is -0.180. The minimum absolute atomic E-state index is 0.0612. The molecule has 92 valence electrons. The summed E-state index contributed by atoms with van der Waals surface area (Å²) in [5, 5.41) is 12.9. The van der Waals surface area contributed by atoms with Crippen molar-refractivity contribution in [3.8, 4) is 0 Å². The summed E-state index contributed by atoms with van der Waals surface area (Å²) in [7, 11) is 0. The topological polar surface area (TPSA) is 50.7 Å². The van der Waals surface area contributed by atoms with Crippen LogP contribution < -0.4 is 5.32 Å². The number of ether oxygens (including phenoxy) is 2. The number of aliphatic hydroxyl groups is 1. The average molecular weight is 227 g/mol. The Morgan fingerprint density at radius 3 is 2.19 bits per heavy atom. The summed E-state index contributed by atoms with van der Waals surface area (Å²) in [6, 6.07) is 1.13. The minimum Gasteiger partial charge on any atom is -0.393 e. The lowest BCUT2D eigenvalue weighted by Gasteiger charge is -2.40. The zero-order chi connectivity index (χ0) is 11.0. The second-order valence-electron chi connectivity index (χ2n) is 5.37. The van der Waals surface area contributed by atoms with Gasteiger partial charge in [-0.1, -0.05) is 0 Å². The van der Waals surface area contributed by atoms with Crippen LogP contribution in [-0.4, -0.2) is 42.3 Å². The van der Waals surface area contributed by atoms with Crippen molar-refractivity contribution in [3.05, 3.63) is 0 Å². The summed E-state index contributed by atoms with van der Waals surface area (Å²) in [5.74, 6) is -0.239. The zero-order valence-electron chi connectivity index (χ0n) is 9.65. The fourth-order valence-corrected chi connectivity index (χ4v) is 3.07. The maximum Gasteiger partial charge on any atom is 0.168 e. The van der Waals surface area contributed by atoms with E-state index >= 15 is 0 Å². The number of nitrogens with one attached hydrogen (secondary N) is 1. The van der Waals surface area contributed by atoms with E-state index in [1.165, 1.54) is 0 Å². The van der Waals surface area contributed by atoms with Crippen molar-refractivity contribution in [2.24, 2.45) is 0 Å². The fraction of sp³-hybridized carbons (Fsp3) is 1.00. The highest BCUT2D eigenvalue weighted by Crippen LogP contribution is 2.36. The summed E-state index contributed by atoms with van der Waals surface area (Å²) < 4.78 is 11.4. The molecule has 2 aliphatic carbocycles. The molecule has 0 unspecified atom stereocenters. The van der Waals surface area contributed by atoms with E-state index in [1.807, 2.05) is 0 Å². The van der Waals surface area contributed by atoms with E-state index in [9.17, 15) is 5.11 Å². The Balaban J connectivity index is 1.44. The maximum atomic E-state index is 9.24. The monoisotopic (exact) mass is 227 g/mol. The van der Waals surface area contributed by atoms with Crippen LogP contribution in [0.15, 0.2) is 0 Å². The van der Waals surface area contributed by atoms with Gasteiger partial charge in [-0.25, -0.2) is 0 Å². The molecule has 0 aromatic heterocycles. The Hall–Kier alpha value is -0.160. The van der Waals surface area contributed by atoms with Crippen LogP contribution in [-0.2, 0) is 9.47 Å². The van der Waals surface area contributed by atoms with Gasteiger partial charge in [0.05, 0.1) is 19.3 Å². The molecule has 1 aliphatic heterocycles. The molecular weight excluding hydrogens is 206 g/mol. The first-order valence-corrected chi connectivity index (χ1v) is 6.48. The molecular formula is C12H21NO3. The van der Waals surface area contributed by atoms with Crippen molar-refractivity contribution < 1.29 is 14.6 Å². The lowest BCUT2D eigenvalue weighted by atomic mass is 9.85. The van der Waals surface area contributed by atoms with Gasteiger partial charge in [-0.2, -0.15) is 0 Å². The molecule has 1 spiro atoms. The van der Waals surface area contributed by atoms with Gasteiger partial charge in [-0.05, 0) is 25.7 Å². The van der Waals surface area contributed by atoms with E-state index in [0.717, 1.165) is 51.7 Å². The molecule has 4 nitrogen and oxygen atoms in total. The van der Waals surface area contributed by atoms with Crippen molar-refractivity contribution in [3.63, 3.8) is 0 Å². The number of aliphatic hydroxyl groups excluding tert-OH is 1. The summed E-state index contributed by atoms with van der Waals surface area (Å²) in [6.45, 7) is 1.51. The first kappa shape index (κ1) is 11.0. The quantitative estimate of drug-likeness (QED) is 0.732. The van der Waals surface area contributed by atoms with Crippen molar-refractivity contribution in [2.45, 2.75) is 62.5 Å². The molecule has 0 radical (unpaired) electrons.